The van der Waals surface area contributed by atoms with Gasteiger partial charge < -0.3 is 9.47 Å². The molecule has 3 aromatic carbocycles. The van der Waals surface area contributed by atoms with Gasteiger partial charge in [0.1, 0.15) is 12.2 Å². The van der Waals surface area contributed by atoms with Crippen molar-refractivity contribution in [3.8, 4) is 11.5 Å². The van der Waals surface area contributed by atoms with E-state index in [1.165, 1.54) is 18.2 Å². The zero-order valence-corrected chi connectivity index (χ0v) is 20.4. The maximum atomic E-state index is 12.8. The van der Waals surface area contributed by atoms with Gasteiger partial charge in [0.25, 0.3) is 11.8 Å². The van der Waals surface area contributed by atoms with E-state index in [-0.39, 0.29) is 12.2 Å². The molecule has 1 fully saturated rings. The molecule has 33 heavy (non-hydrogen) atoms. The number of hydrogen-bond acceptors (Lipinski definition) is 4. The molecule has 1 heterocycles. The van der Waals surface area contributed by atoms with Crippen LogP contribution in [0.25, 0.3) is 6.08 Å². The van der Waals surface area contributed by atoms with E-state index in [0.717, 1.165) is 5.56 Å². The van der Waals surface area contributed by atoms with Crippen LogP contribution in [-0.2, 0) is 16.2 Å². The van der Waals surface area contributed by atoms with Crippen molar-refractivity contribution in [1.82, 2.24) is 5.43 Å². The zero-order valence-electron chi connectivity index (χ0n) is 17.3. The molecule has 0 spiro atoms. The van der Waals surface area contributed by atoms with Crippen LogP contribution >= 0.6 is 39.1 Å². The number of carbonyl (C=O) groups excluding carboxylic acids is 2. The number of halogens is 3. The van der Waals surface area contributed by atoms with Crippen LogP contribution in [0.5, 0.6) is 11.5 Å². The fourth-order valence-electron chi connectivity index (χ4n) is 3.20. The van der Waals surface area contributed by atoms with Crippen LogP contribution in [0.2, 0.25) is 10.0 Å². The highest BCUT2D eigenvalue weighted by molar-refractivity contribution is 9.10. The summed E-state index contributed by atoms with van der Waals surface area (Å²) < 4.78 is 12.0. The minimum Gasteiger partial charge on any atom is -0.493 e. The van der Waals surface area contributed by atoms with Gasteiger partial charge in [0.05, 0.1) is 12.8 Å². The molecular weight excluding hydrogens is 531 g/mol. The molecule has 4 rings (SSSR count). The molecule has 0 saturated carbocycles. The maximum Gasteiger partial charge on any atom is 0.282 e. The minimum atomic E-state index is -0.493. The zero-order chi connectivity index (χ0) is 23.5. The number of ether oxygens (including phenoxy) is 2. The summed E-state index contributed by atoms with van der Waals surface area (Å²) in [7, 11) is 1.51. The molecule has 0 aromatic heterocycles. The van der Waals surface area contributed by atoms with Crippen LogP contribution in [0.3, 0.4) is 0 Å². The van der Waals surface area contributed by atoms with Gasteiger partial charge in [-0.15, -0.1) is 0 Å². The molecule has 0 aliphatic carbocycles. The van der Waals surface area contributed by atoms with Crippen molar-refractivity contribution < 1.29 is 19.1 Å². The lowest BCUT2D eigenvalue weighted by Crippen LogP contribution is -2.35. The number of carbonyl (C=O) groups is 2. The van der Waals surface area contributed by atoms with Gasteiger partial charge in [-0.2, -0.15) is 0 Å². The molecule has 1 aliphatic rings. The molecule has 3 aromatic rings. The monoisotopic (exact) mass is 546 g/mol. The van der Waals surface area contributed by atoms with Gasteiger partial charge in [-0.1, -0.05) is 63.4 Å². The molecule has 1 aliphatic heterocycles. The third kappa shape index (κ3) is 5.00. The molecule has 1 saturated heterocycles. The van der Waals surface area contributed by atoms with E-state index in [1.807, 2.05) is 6.07 Å². The Hall–Kier alpha value is -3.00. The molecule has 0 bridgehead atoms. The Morgan fingerprint density at radius 3 is 2.48 bits per heavy atom. The number of anilines is 1. The number of benzene rings is 3. The van der Waals surface area contributed by atoms with E-state index < -0.39 is 11.8 Å². The van der Waals surface area contributed by atoms with E-state index in [1.54, 1.807) is 54.6 Å². The Bertz CT molecular complexity index is 1260. The van der Waals surface area contributed by atoms with Crippen LogP contribution in [0, 0.1) is 0 Å². The van der Waals surface area contributed by atoms with Crippen LogP contribution in [0.15, 0.2) is 70.7 Å². The SMILES string of the molecule is COc1cc(/C=C2/C(=O)NN(c3ccccc3)C2=O)c(Br)cc1OCc1ccc(Cl)cc1Cl. The highest BCUT2D eigenvalue weighted by Gasteiger charge is 2.34. The second kappa shape index (κ2) is 9.87. The molecule has 2 amide bonds. The molecule has 6 nitrogen and oxygen atoms in total. The maximum absolute atomic E-state index is 12.8. The van der Waals surface area contributed by atoms with Crippen LogP contribution < -0.4 is 19.9 Å². The van der Waals surface area contributed by atoms with Crippen LogP contribution in [0.1, 0.15) is 11.1 Å². The molecule has 168 valence electrons. The number of rotatable bonds is 6. The Morgan fingerprint density at radius 1 is 1.03 bits per heavy atom. The Morgan fingerprint density at radius 2 is 1.79 bits per heavy atom. The lowest BCUT2D eigenvalue weighted by Gasteiger charge is -2.14. The molecule has 1 N–H and O–H groups in total. The van der Waals surface area contributed by atoms with E-state index in [9.17, 15) is 9.59 Å². The van der Waals surface area contributed by atoms with Crippen molar-refractivity contribution in [2.75, 3.05) is 12.1 Å². The van der Waals surface area contributed by atoms with Crippen molar-refractivity contribution in [2.45, 2.75) is 6.61 Å². The average molecular weight is 548 g/mol. The normalized spacial score (nSPS) is 14.5. The predicted molar refractivity (Wildman–Crippen MR) is 132 cm³/mol. The van der Waals surface area contributed by atoms with E-state index in [0.29, 0.717) is 37.3 Å². The van der Waals surface area contributed by atoms with Crippen LogP contribution in [-0.4, -0.2) is 18.9 Å². The molecule has 9 heteroatoms. The number of nitrogens with one attached hydrogen (secondary N) is 1. The number of nitrogens with zero attached hydrogens (tertiary/aromatic N) is 1. The Balaban J connectivity index is 1.59. The molecule has 0 unspecified atom stereocenters. The lowest BCUT2D eigenvalue weighted by atomic mass is 10.1. The second-order valence-corrected chi connectivity index (χ2v) is 8.72. The summed E-state index contributed by atoms with van der Waals surface area (Å²) in [6.45, 7) is 0.201. The van der Waals surface area contributed by atoms with E-state index in [2.05, 4.69) is 21.4 Å². The Kier molecular flexibility index (Phi) is 6.93. The average Bonchev–Trinajstić information content (AvgIpc) is 3.08. The standard InChI is InChI=1S/C24H17BrCl2N2O4/c1-32-21-10-15(9-18-23(30)28-29(24(18)31)17-5-3-2-4-6-17)19(25)12-22(21)33-13-14-7-8-16(26)11-20(14)27/h2-12H,13H2,1H3,(H,28,30)/b18-9-. The third-order valence-corrected chi connectivity index (χ3v) is 6.16. The number of methoxy groups -OCH3 is 1. The first kappa shape index (κ1) is 23.2. The number of para-hydroxylation sites is 1. The highest BCUT2D eigenvalue weighted by Crippen LogP contribution is 2.36. The second-order valence-electron chi connectivity index (χ2n) is 7.02. The summed E-state index contributed by atoms with van der Waals surface area (Å²) in [6, 6.07) is 17.4. The molecule has 0 radical (unpaired) electrons. The predicted octanol–water partition coefficient (Wildman–Crippen LogP) is 5.80. The van der Waals surface area contributed by atoms with E-state index in [4.69, 9.17) is 32.7 Å². The summed E-state index contributed by atoms with van der Waals surface area (Å²) >= 11 is 15.6. The lowest BCUT2D eigenvalue weighted by molar-refractivity contribution is -0.117. The summed E-state index contributed by atoms with van der Waals surface area (Å²) in [4.78, 5) is 25.3. The van der Waals surface area contributed by atoms with Gasteiger partial charge in [0, 0.05) is 20.1 Å². The van der Waals surface area contributed by atoms with Gasteiger partial charge in [-0.3, -0.25) is 15.0 Å². The van der Waals surface area contributed by atoms with E-state index >= 15 is 0 Å². The summed E-state index contributed by atoms with van der Waals surface area (Å²) in [5.41, 5.74) is 4.50. The van der Waals surface area contributed by atoms with Crippen molar-refractivity contribution in [1.29, 1.82) is 0 Å². The minimum absolute atomic E-state index is 0.00298. The van der Waals surface area contributed by atoms with Crippen LogP contribution in [0.4, 0.5) is 5.69 Å². The van der Waals surface area contributed by atoms with Gasteiger partial charge >= 0.3 is 0 Å². The fraction of sp³-hybridized carbons (Fsp3) is 0.0833. The number of hydrogen-bond donors (Lipinski definition) is 1. The first-order valence-corrected chi connectivity index (χ1v) is 11.3. The quantitative estimate of drug-likeness (QED) is 0.312. The third-order valence-electron chi connectivity index (χ3n) is 4.89. The van der Waals surface area contributed by atoms with Gasteiger partial charge in [-0.25, -0.2) is 5.01 Å². The van der Waals surface area contributed by atoms with Gasteiger partial charge in [0.2, 0.25) is 0 Å². The van der Waals surface area contributed by atoms with Gasteiger partial charge in [0.15, 0.2) is 11.5 Å². The largest absolute Gasteiger partial charge is 0.493 e. The Labute approximate surface area is 208 Å². The number of amides is 2. The fourth-order valence-corrected chi connectivity index (χ4v) is 4.10. The summed E-state index contributed by atoms with van der Waals surface area (Å²) in [5, 5.41) is 2.25. The van der Waals surface area contributed by atoms with Crippen molar-refractivity contribution >= 4 is 62.7 Å². The molecular formula is C24H17BrCl2N2O4. The summed E-state index contributed by atoms with van der Waals surface area (Å²) in [5.74, 6) is -0.0474. The highest BCUT2D eigenvalue weighted by atomic mass is 79.9. The van der Waals surface area contributed by atoms with Crippen molar-refractivity contribution in [3.05, 3.63) is 91.9 Å². The summed E-state index contributed by atoms with van der Waals surface area (Å²) in [6.07, 6.45) is 1.51. The first-order valence-electron chi connectivity index (χ1n) is 9.74. The smallest absolute Gasteiger partial charge is 0.282 e. The van der Waals surface area contributed by atoms with Gasteiger partial charge in [-0.05, 0) is 48.0 Å². The topological polar surface area (TPSA) is 67.9 Å². The van der Waals surface area contributed by atoms with Crippen molar-refractivity contribution in [2.24, 2.45) is 0 Å². The number of hydrazine groups is 1. The molecule has 0 atom stereocenters. The van der Waals surface area contributed by atoms with Crippen molar-refractivity contribution in [3.63, 3.8) is 0 Å². The first-order chi connectivity index (χ1) is 15.9.